The van der Waals surface area contributed by atoms with Crippen molar-refractivity contribution in [1.82, 2.24) is 4.72 Å². The Morgan fingerprint density at radius 2 is 2.05 bits per heavy atom. The molecule has 0 spiro atoms. The summed E-state index contributed by atoms with van der Waals surface area (Å²) < 4.78 is 40.3. The van der Waals surface area contributed by atoms with E-state index in [2.05, 4.69) is 4.72 Å². The van der Waals surface area contributed by atoms with E-state index in [4.69, 9.17) is 5.11 Å². The first-order valence-corrected chi connectivity index (χ1v) is 7.74. The van der Waals surface area contributed by atoms with Crippen LogP contribution in [0.3, 0.4) is 0 Å². The van der Waals surface area contributed by atoms with Gasteiger partial charge in [-0.25, -0.2) is 17.5 Å². The molecule has 0 fully saturated rings. The number of nitro groups is 1. The van der Waals surface area contributed by atoms with E-state index in [0.29, 0.717) is 6.07 Å². The van der Waals surface area contributed by atoms with Gasteiger partial charge >= 0.3 is 0 Å². The Morgan fingerprint density at radius 3 is 2.52 bits per heavy atom. The van der Waals surface area contributed by atoms with Crippen LogP contribution in [-0.4, -0.2) is 31.1 Å². The summed E-state index contributed by atoms with van der Waals surface area (Å²) >= 11 is 0. The van der Waals surface area contributed by atoms with Crippen LogP contribution in [0.5, 0.6) is 0 Å². The van der Waals surface area contributed by atoms with Gasteiger partial charge in [-0.2, -0.15) is 0 Å². The van der Waals surface area contributed by atoms with Gasteiger partial charge in [-0.05, 0) is 18.4 Å². The van der Waals surface area contributed by atoms with Gasteiger partial charge in [0.05, 0.1) is 4.92 Å². The zero-order valence-corrected chi connectivity index (χ0v) is 12.4. The molecule has 9 heteroatoms. The predicted octanol–water partition coefficient (Wildman–Crippen LogP) is 1.42. The number of nitrogens with one attached hydrogen (secondary N) is 1. The van der Waals surface area contributed by atoms with Crippen LogP contribution in [0.2, 0.25) is 0 Å². The average molecular weight is 320 g/mol. The van der Waals surface area contributed by atoms with E-state index in [1.54, 1.807) is 13.8 Å². The highest BCUT2D eigenvalue weighted by atomic mass is 32.2. The standard InChI is InChI=1S/C12H17FN2O5S/c1-8(2)11(5-6-16)14-21(19,20)12-7-9(15(17)18)3-4-10(12)13/h3-4,7-8,11,14,16H,5-6H2,1-2H3. The summed E-state index contributed by atoms with van der Waals surface area (Å²) in [6.45, 7) is 3.25. The molecule has 1 rings (SSSR count). The van der Waals surface area contributed by atoms with Gasteiger partial charge in [0.2, 0.25) is 10.0 Å². The topological polar surface area (TPSA) is 110 Å². The predicted molar refractivity (Wildman–Crippen MR) is 73.7 cm³/mol. The molecule has 0 aliphatic heterocycles. The maximum Gasteiger partial charge on any atom is 0.270 e. The number of nitrogens with zero attached hydrogens (tertiary/aromatic N) is 1. The van der Waals surface area contributed by atoms with Gasteiger partial charge < -0.3 is 5.11 Å². The van der Waals surface area contributed by atoms with E-state index in [9.17, 15) is 22.9 Å². The Bertz CT molecular complexity index is 618. The molecule has 0 saturated carbocycles. The second kappa shape index (κ2) is 6.92. The lowest BCUT2D eigenvalue weighted by Gasteiger charge is -2.21. The minimum atomic E-state index is -4.25. The van der Waals surface area contributed by atoms with E-state index in [0.717, 1.165) is 12.1 Å². The molecular weight excluding hydrogens is 303 g/mol. The zero-order valence-electron chi connectivity index (χ0n) is 11.6. The van der Waals surface area contributed by atoms with Crippen LogP contribution >= 0.6 is 0 Å². The molecule has 1 aromatic rings. The second-order valence-electron chi connectivity index (χ2n) is 4.86. The van der Waals surface area contributed by atoms with Crippen molar-refractivity contribution < 1.29 is 22.8 Å². The number of benzene rings is 1. The normalized spacial score (nSPS) is 13.4. The Kier molecular flexibility index (Phi) is 5.76. The molecule has 0 bridgehead atoms. The molecule has 0 heterocycles. The van der Waals surface area contributed by atoms with Gasteiger partial charge in [-0.15, -0.1) is 0 Å². The summed E-state index contributed by atoms with van der Waals surface area (Å²) in [6.07, 6.45) is 0.160. The van der Waals surface area contributed by atoms with E-state index in [1.165, 1.54) is 0 Å². The van der Waals surface area contributed by atoms with Gasteiger partial charge in [-0.1, -0.05) is 13.8 Å². The molecule has 2 N–H and O–H groups in total. The third-order valence-electron chi connectivity index (χ3n) is 2.97. The lowest BCUT2D eigenvalue weighted by atomic mass is 10.0. The summed E-state index contributed by atoms with van der Waals surface area (Å²) in [6, 6.07) is 1.71. The minimum Gasteiger partial charge on any atom is -0.396 e. The zero-order chi connectivity index (χ0) is 16.2. The quantitative estimate of drug-likeness (QED) is 0.583. The molecule has 1 atom stereocenters. The smallest absolute Gasteiger partial charge is 0.270 e. The summed E-state index contributed by atoms with van der Waals surface area (Å²) in [5.41, 5.74) is -0.514. The lowest BCUT2D eigenvalue weighted by Crippen LogP contribution is -2.39. The van der Waals surface area contributed by atoms with Crippen LogP contribution < -0.4 is 4.72 Å². The van der Waals surface area contributed by atoms with Crippen molar-refractivity contribution in [1.29, 1.82) is 0 Å². The second-order valence-corrected chi connectivity index (χ2v) is 6.54. The van der Waals surface area contributed by atoms with Crippen LogP contribution in [0.25, 0.3) is 0 Å². The lowest BCUT2D eigenvalue weighted by molar-refractivity contribution is -0.385. The van der Waals surface area contributed by atoms with Crippen molar-refractivity contribution in [2.45, 2.75) is 31.2 Å². The first-order chi connectivity index (χ1) is 9.69. The molecule has 21 heavy (non-hydrogen) atoms. The monoisotopic (exact) mass is 320 g/mol. The number of aliphatic hydroxyl groups is 1. The molecule has 0 aliphatic carbocycles. The van der Waals surface area contributed by atoms with Gasteiger partial charge in [0, 0.05) is 24.8 Å². The van der Waals surface area contributed by atoms with Crippen molar-refractivity contribution in [3.05, 3.63) is 34.1 Å². The number of aliphatic hydroxyl groups excluding tert-OH is 1. The van der Waals surface area contributed by atoms with Crippen molar-refractivity contribution in [3.63, 3.8) is 0 Å². The van der Waals surface area contributed by atoms with E-state index < -0.39 is 37.4 Å². The number of non-ortho nitro benzene ring substituents is 1. The fraction of sp³-hybridized carbons (Fsp3) is 0.500. The van der Waals surface area contributed by atoms with Gasteiger partial charge in [0.1, 0.15) is 10.7 Å². The first kappa shape index (κ1) is 17.5. The molecule has 0 amide bonds. The first-order valence-electron chi connectivity index (χ1n) is 6.26. The minimum absolute atomic E-state index is 0.131. The average Bonchev–Trinajstić information content (AvgIpc) is 2.37. The SMILES string of the molecule is CC(C)C(CCO)NS(=O)(=O)c1cc([N+](=O)[O-])ccc1F. The van der Waals surface area contributed by atoms with Gasteiger partial charge in [0.15, 0.2) is 0 Å². The van der Waals surface area contributed by atoms with E-state index >= 15 is 0 Å². The molecule has 118 valence electrons. The number of hydrogen-bond donors (Lipinski definition) is 2. The fourth-order valence-corrected chi connectivity index (χ4v) is 3.26. The fourth-order valence-electron chi connectivity index (χ4n) is 1.74. The van der Waals surface area contributed by atoms with Crippen LogP contribution in [0.1, 0.15) is 20.3 Å². The van der Waals surface area contributed by atoms with Crippen LogP contribution in [0.4, 0.5) is 10.1 Å². The van der Waals surface area contributed by atoms with Gasteiger partial charge in [-0.3, -0.25) is 10.1 Å². The summed E-state index contributed by atoms with van der Waals surface area (Å²) in [5.74, 6) is -1.20. The number of sulfonamides is 1. The molecule has 0 saturated heterocycles. The van der Waals surface area contributed by atoms with Crippen molar-refractivity contribution in [3.8, 4) is 0 Å². The van der Waals surface area contributed by atoms with Crippen molar-refractivity contribution in [2.24, 2.45) is 5.92 Å². The molecule has 0 aliphatic rings. The number of halogens is 1. The van der Waals surface area contributed by atoms with Crippen LogP contribution in [0.15, 0.2) is 23.1 Å². The van der Waals surface area contributed by atoms with Crippen LogP contribution in [-0.2, 0) is 10.0 Å². The number of hydrogen-bond acceptors (Lipinski definition) is 5. The Labute approximate surface area is 122 Å². The molecular formula is C12H17FN2O5S. The van der Waals surface area contributed by atoms with E-state index in [-0.39, 0.29) is 18.9 Å². The van der Waals surface area contributed by atoms with Crippen molar-refractivity contribution in [2.75, 3.05) is 6.61 Å². The molecule has 7 nitrogen and oxygen atoms in total. The number of nitro benzene ring substituents is 1. The molecule has 0 aromatic heterocycles. The number of rotatable bonds is 7. The van der Waals surface area contributed by atoms with Crippen LogP contribution in [0, 0.1) is 21.8 Å². The molecule has 1 aromatic carbocycles. The summed E-state index contributed by atoms with van der Waals surface area (Å²) in [7, 11) is -4.25. The largest absolute Gasteiger partial charge is 0.396 e. The Morgan fingerprint density at radius 1 is 1.43 bits per heavy atom. The third kappa shape index (κ3) is 4.45. The van der Waals surface area contributed by atoms with Gasteiger partial charge in [0.25, 0.3) is 5.69 Å². The third-order valence-corrected chi connectivity index (χ3v) is 4.47. The molecule has 1 unspecified atom stereocenters. The van der Waals surface area contributed by atoms with Crippen molar-refractivity contribution >= 4 is 15.7 Å². The summed E-state index contributed by atoms with van der Waals surface area (Å²) in [4.78, 5) is 9.08. The maximum absolute atomic E-state index is 13.7. The highest BCUT2D eigenvalue weighted by Gasteiger charge is 2.26. The summed E-state index contributed by atoms with van der Waals surface area (Å²) in [5, 5.41) is 19.6. The Hall–Kier alpha value is -1.58. The highest BCUT2D eigenvalue weighted by molar-refractivity contribution is 7.89. The molecule has 0 radical (unpaired) electrons. The highest BCUT2D eigenvalue weighted by Crippen LogP contribution is 2.22. The Balaban J connectivity index is 3.18. The maximum atomic E-state index is 13.7. The van der Waals surface area contributed by atoms with E-state index in [1.807, 2.05) is 0 Å².